The van der Waals surface area contributed by atoms with Crippen molar-refractivity contribution >= 4 is 33.8 Å². The van der Waals surface area contributed by atoms with Crippen molar-refractivity contribution in [2.45, 2.75) is 50.9 Å². The number of carbonyl (C=O) groups is 2. The lowest BCUT2D eigenvalue weighted by Crippen LogP contribution is -2.51. The fourth-order valence-corrected chi connectivity index (χ4v) is 8.35. The zero-order valence-electron chi connectivity index (χ0n) is 26.7. The van der Waals surface area contributed by atoms with Crippen LogP contribution in [0.5, 0.6) is 5.75 Å². The van der Waals surface area contributed by atoms with Gasteiger partial charge in [-0.15, -0.1) is 0 Å². The topological polar surface area (TPSA) is 98.6 Å². The number of likely N-dealkylation sites (tertiary alicyclic amines) is 2. The highest BCUT2D eigenvalue weighted by atomic mass is 16.5. The predicted octanol–water partition coefficient (Wildman–Crippen LogP) is 5.41. The molecule has 0 unspecified atom stereocenters. The van der Waals surface area contributed by atoms with E-state index in [1.807, 2.05) is 52.3 Å². The van der Waals surface area contributed by atoms with Crippen molar-refractivity contribution in [3.8, 4) is 17.3 Å². The molecule has 2 aliphatic heterocycles. The molecule has 47 heavy (non-hydrogen) atoms. The quantitative estimate of drug-likeness (QED) is 0.248. The van der Waals surface area contributed by atoms with Crippen LogP contribution in [0.4, 0.5) is 0 Å². The first-order chi connectivity index (χ1) is 23.0. The van der Waals surface area contributed by atoms with Crippen LogP contribution in [0.3, 0.4) is 0 Å². The summed E-state index contributed by atoms with van der Waals surface area (Å²) in [7, 11) is 1.67. The normalized spacial score (nSPS) is 22.4. The maximum atomic E-state index is 13.9. The average molecular weight is 629 g/mol. The number of piperidine rings is 1. The highest BCUT2D eigenvalue weighted by Gasteiger charge is 2.47. The summed E-state index contributed by atoms with van der Waals surface area (Å²) in [6.45, 7) is 3.70. The number of rotatable bonds is 8. The summed E-state index contributed by atoms with van der Waals surface area (Å²) in [5.41, 5.74) is 11.7. The molecule has 2 aliphatic carbocycles. The number of amides is 2. The van der Waals surface area contributed by atoms with Gasteiger partial charge in [-0.1, -0.05) is 36.4 Å². The van der Waals surface area contributed by atoms with E-state index in [1.165, 1.54) is 23.7 Å². The number of hydrogen-bond donors (Lipinski definition) is 1. The van der Waals surface area contributed by atoms with Crippen LogP contribution in [0.2, 0.25) is 0 Å². The van der Waals surface area contributed by atoms with Gasteiger partial charge >= 0.3 is 0 Å². The van der Waals surface area contributed by atoms with Crippen molar-refractivity contribution in [2.75, 3.05) is 26.7 Å². The summed E-state index contributed by atoms with van der Waals surface area (Å²) in [4.78, 5) is 36.3. The smallest absolute Gasteiger partial charge is 0.254 e. The van der Waals surface area contributed by atoms with E-state index in [0.29, 0.717) is 49.3 Å². The lowest BCUT2D eigenvalue weighted by Gasteiger charge is -2.39. The van der Waals surface area contributed by atoms with Crippen molar-refractivity contribution in [1.82, 2.24) is 23.9 Å². The van der Waals surface area contributed by atoms with Crippen molar-refractivity contribution in [3.05, 3.63) is 83.9 Å². The minimum absolute atomic E-state index is 0.000793. The standard InChI is InChI=1S/C38H40N6O3/c1-47-33-17-28(38(46)43-22-27-13-14-31(43)34(27)39)15-29-35(33)44(21-24-18-41(19-24)37(45)25-7-3-2-4-8-25)36(40-29)32-16-26-9-5-6-10-30(26)42(32)20-23-11-12-23/h2-10,15-17,23-24,27,31,34H,11-14,18-22,39H2,1H3/t27-,31-,34-/m1/s1. The molecule has 9 rings (SSSR count). The van der Waals surface area contributed by atoms with E-state index >= 15 is 0 Å². The van der Waals surface area contributed by atoms with Crippen LogP contribution in [0.1, 0.15) is 46.4 Å². The Morgan fingerprint density at radius 3 is 2.32 bits per heavy atom. The fourth-order valence-electron chi connectivity index (χ4n) is 8.35. The molecule has 4 aliphatic rings. The summed E-state index contributed by atoms with van der Waals surface area (Å²) in [5.74, 6) is 2.89. The van der Waals surface area contributed by atoms with Crippen molar-refractivity contribution in [2.24, 2.45) is 23.5 Å². The lowest BCUT2D eigenvalue weighted by molar-refractivity contribution is 0.0471. The molecule has 4 fully saturated rings. The largest absolute Gasteiger partial charge is 0.494 e. The Morgan fingerprint density at radius 2 is 1.60 bits per heavy atom. The van der Waals surface area contributed by atoms with Crippen LogP contribution < -0.4 is 10.5 Å². The molecule has 2 amide bonds. The maximum absolute atomic E-state index is 13.9. The monoisotopic (exact) mass is 628 g/mol. The van der Waals surface area contributed by atoms with E-state index in [0.717, 1.165) is 47.5 Å². The minimum atomic E-state index is 0.000793. The van der Waals surface area contributed by atoms with Gasteiger partial charge in [0.05, 0.1) is 18.3 Å². The molecule has 9 nitrogen and oxygen atoms in total. The second kappa shape index (κ2) is 11.0. The Balaban J connectivity index is 1.13. The molecular formula is C38H40N6O3. The Labute approximate surface area is 273 Å². The first-order valence-corrected chi connectivity index (χ1v) is 17.0. The third kappa shape index (κ3) is 4.74. The van der Waals surface area contributed by atoms with Gasteiger partial charge < -0.3 is 29.4 Å². The SMILES string of the molecule is COc1cc(C(=O)N2C[C@H]3CC[C@@H]2[C@@H]3N)cc2nc(-c3cc4ccccc4n3CC3CC3)n(CC3CN(C(=O)c4ccccc4)C3)c12. The molecular weight excluding hydrogens is 588 g/mol. The van der Waals surface area contributed by atoms with Gasteiger partial charge in [0.1, 0.15) is 11.3 Å². The molecule has 5 aromatic rings. The number of hydrogen-bond acceptors (Lipinski definition) is 5. The Bertz CT molecular complexity index is 2020. The summed E-state index contributed by atoms with van der Waals surface area (Å²) < 4.78 is 10.7. The van der Waals surface area contributed by atoms with E-state index in [-0.39, 0.29) is 29.8 Å². The molecule has 2 saturated carbocycles. The first-order valence-electron chi connectivity index (χ1n) is 17.0. The van der Waals surface area contributed by atoms with Gasteiger partial charge in [-0.05, 0) is 73.9 Å². The van der Waals surface area contributed by atoms with Crippen LogP contribution in [-0.2, 0) is 13.1 Å². The highest BCUT2D eigenvalue weighted by Crippen LogP contribution is 2.41. The van der Waals surface area contributed by atoms with Crippen molar-refractivity contribution in [3.63, 3.8) is 0 Å². The van der Waals surface area contributed by atoms with E-state index in [1.54, 1.807) is 7.11 Å². The number of carbonyl (C=O) groups excluding carboxylic acids is 2. The Morgan fingerprint density at radius 1 is 0.830 bits per heavy atom. The number of benzene rings is 3. The molecule has 2 bridgehead atoms. The van der Waals surface area contributed by atoms with Gasteiger partial charge in [0.15, 0.2) is 5.82 Å². The minimum Gasteiger partial charge on any atom is -0.494 e. The highest BCUT2D eigenvalue weighted by molar-refractivity contribution is 6.01. The van der Waals surface area contributed by atoms with E-state index in [9.17, 15) is 9.59 Å². The number of fused-ring (bicyclic) bond motifs is 4. The molecule has 0 spiro atoms. The first kappa shape index (κ1) is 28.6. The molecule has 3 atom stereocenters. The third-order valence-corrected chi connectivity index (χ3v) is 11.1. The van der Waals surface area contributed by atoms with Crippen LogP contribution in [-0.4, -0.2) is 74.6 Å². The number of para-hydroxylation sites is 1. The van der Waals surface area contributed by atoms with Gasteiger partial charge in [0, 0.05) is 72.8 Å². The molecule has 4 heterocycles. The van der Waals surface area contributed by atoms with E-state index < -0.39 is 0 Å². The van der Waals surface area contributed by atoms with E-state index in [4.69, 9.17) is 15.5 Å². The number of ether oxygens (including phenoxy) is 1. The number of imidazole rings is 1. The fraction of sp³-hybridized carbons (Fsp3) is 0.395. The predicted molar refractivity (Wildman–Crippen MR) is 181 cm³/mol. The van der Waals surface area contributed by atoms with Crippen LogP contribution in [0.15, 0.2) is 72.8 Å². The number of methoxy groups -OCH3 is 1. The van der Waals surface area contributed by atoms with Gasteiger partial charge in [-0.3, -0.25) is 9.59 Å². The number of nitrogens with zero attached hydrogens (tertiary/aromatic N) is 5. The molecule has 240 valence electrons. The van der Waals surface area contributed by atoms with Gasteiger partial charge in [-0.2, -0.15) is 0 Å². The van der Waals surface area contributed by atoms with Crippen LogP contribution >= 0.6 is 0 Å². The van der Waals surface area contributed by atoms with Crippen LogP contribution in [0, 0.1) is 17.8 Å². The van der Waals surface area contributed by atoms with Gasteiger partial charge in [0.25, 0.3) is 11.8 Å². The number of nitrogens with two attached hydrogens (primary N) is 1. The third-order valence-electron chi connectivity index (χ3n) is 11.1. The summed E-state index contributed by atoms with van der Waals surface area (Å²) in [5, 5.41) is 1.19. The Kier molecular flexibility index (Phi) is 6.68. The second-order valence-corrected chi connectivity index (χ2v) is 14.1. The lowest BCUT2D eigenvalue weighted by atomic mass is 9.98. The van der Waals surface area contributed by atoms with Crippen molar-refractivity contribution < 1.29 is 14.3 Å². The van der Waals surface area contributed by atoms with E-state index in [2.05, 4.69) is 39.5 Å². The number of aromatic nitrogens is 3. The zero-order valence-corrected chi connectivity index (χ0v) is 26.7. The van der Waals surface area contributed by atoms with Crippen LogP contribution in [0.25, 0.3) is 33.5 Å². The van der Waals surface area contributed by atoms with Crippen molar-refractivity contribution in [1.29, 1.82) is 0 Å². The zero-order chi connectivity index (χ0) is 31.8. The molecule has 9 heteroatoms. The molecule has 2 saturated heterocycles. The maximum Gasteiger partial charge on any atom is 0.254 e. The van der Waals surface area contributed by atoms with Gasteiger partial charge in [0.2, 0.25) is 0 Å². The summed E-state index contributed by atoms with van der Waals surface area (Å²) in [6.07, 6.45) is 4.55. The van der Waals surface area contributed by atoms with Gasteiger partial charge in [-0.25, -0.2) is 4.98 Å². The Hall–Kier alpha value is -4.63. The average Bonchev–Trinajstić information content (AvgIpc) is 3.44. The molecule has 2 N–H and O–H groups in total. The molecule has 2 aromatic heterocycles. The summed E-state index contributed by atoms with van der Waals surface area (Å²) in [6, 6.07) is 24.3. The molecule has 3 aromatic carbocycles. The summed E-state index contributed by atoms with van der Waals surface area (Å²) >= 11 is 0. The second-order valence-electron chi connectivity index (χ2n) is 14.1. The molecule has 0 radical (unpaired) electrons.